The number of benzene rings is 1. The highest BCUT2D eigenvalue weighted by Gasteiger charge is 2.44. The zero-order chi connectivity index (χ0) is 17.4. The Balaban J connectivity index is 1.73. The molecule has 0 spiro atoms. The molecule has 1 unspecified atom stereocenters. The second-order valence-corrected chi connectivity index (χ2v) is 6.31. The normalized spacial score (nSPS) is 20.1. The van der Waals surface area contributed by atoms with Gasteiger partial charge in [0.2, 0.25) is 0 Å². The van der Waals surface area contributed by atoms with Crippen LogP contribution in [-0.2, 0) is 15.1 Å². The number of fused-ring (bicyclic) bond motifs is 1. The van der Waals surface area contributed by atoms with E-state index in [0.717, 1.165) is 28.6 Å². The van der Waals surface area contributed by atoms with Gasteiger partial charge in [-0.2, -0.15) is 10.2 Å². The lowest BCUT2D eigenvalue weighted by Crippen LogP contribution is -2.40. The van der Waals surface area contributed by atoms with Crippen molar-refractivity contribution in [2.24, 2.45) is 0 Å². The van der Waals surface area contributed by atoms with E-state index in [1.165, 1.54) is 0 Å². The van der Waals surface area contributed by atoms with Crippen molar-refractivity contribution >= 4 is 22.8 Å². The summed E-state index contributed by atoms with van der Waals surface area (Å²) in [6.45, 7) is 4.38. The summed E-state index contributed by atoms with van der Waals surface area (Å²) in [6, 6.07) is 9.61. The van der Waals surface area contributed by atoms with Crippen LogP contribution in [0.4, 0.5) is 5.82 Å². The number of nitrogens with zero attached hydrogens (tertiary/aromatic N) is 3. The summed E-state index contributed by atoms with van der Waals surface area (Å²) in [4.78, 5) is 13.1. The van der Waals surface area contributed by atoms with E-state index in [1.807, 2.05) is 44.2 Å². The number of aromatic amines is 1. The maximum absolute atomic E-state index is 13.1. The van der Waals surface area contributed by atoms with Gasteiger partial charge in [-0.1, -0.05) is 30.3 Å². The number of ether oxygens (including phenoxy) is 1. The number of amides is 1. The van der Waals surface area contributed by atoms with Crippen LogP contribution in [0.5, 0.6) is 0 Å². The van der Waals surface area contributed by atoms with Gasteiger partial charge in [0.1, 0.15) is 0 Å². The van der Waals surface area contributed by atoms with E-state index in [1.54, 1.807) is 0 Å². The number of nitrogens with one attached hydrogen (secondary N) is 2. The molecule has 4 rings (SSSR count). The summed E-state index contributed by atoms with van der Waals surface area (Å²) in [6.07, 6.45) is 1.48. The van der Waals surface area contributed by atoms with E-state index >= 15 is 0 Å². The van der Waals surface area contributed by atoms with Gasteiger partial charge in [-0.05, 0) is 37.8 Å². The van der Waals surface area contributed by atoms with Gasteiger partial charge in [0.15, 0.2) is 17.1 Å². The smallest absolute Gasteiger partial charge is 0.262 e. The Kier molecular flexibility index (Phi) is 3.73. The van der Waals surface area contributed by atoms with E-state index < -0.39 is 5.60 Å². The zero-order valence-corrected chi connectivity index (χ0v) is 14.2. The van der Waals surface area contributed by atoms with Gasteiger partial charge in [-0.3, -0.25) is 9.89 Å². The van der Waals surface area contributed by atoms with Crippen molar-refractivity contribution in [2.45, 2.75) is 32.3 Å². The third kappa shape index (κ3) is 2.47. The van der Waals surface area contributed by atoms with E-state index in [2.05, 4.69) is 25.7 Å². The number of H-pyrrole nitrogens is 1. The molecule has 0 aliphatic carbocycles. The zero-order valence-electron chi connectivity index (χ0n) is 14.2. The predicted molar refractivity (Wildman–Crippen MR) is 93.1 cm³/mol. The van der Waals surface area contributed by atoms with Crippen molar-refractivity contribution in [3.05, 3.63) is 47.2 Å². The summed E-state index contributed by atoms with van der Waals surface area (Å²) in [5, 5.41) is 18.9. The largest absolute Gasteiger partial charge is 0.360 e. The molecule has 1 aliphatic heterocycles. The predicted octanol–water partition coefficient (Wildman–Crippen LogP) is 2.61. The molecule has 25 heavy (non-hydrogen) atoms. The molecule has 128 valence electrons. The molecule has 1 aromatic carbocycles. The lowest BCUT2D eigenvalue weighted by atomic mass is 9.90. The van der Waals surface area contributed by atoms with Gasteiger partial charge in [-0.25, -0.2) is 0 Å². The minimum absolute atomic E-state index is 0.210. The molecule has 1 fully saturated rings. The SMILES string of the molecule is Cc1nnc2[nH]nc(NC(=O)C3(c4ccccc4)CCCO3)c2c1C. The van der Waals surface area contributed by atoms with Crippen LogP contribution in [0.25, 0.3) is 11.0 Å². The molecule has 1 saturated heterocycles. The van der Waals surface area contributed by atoms with E-state index in [-0.39, 0.29) is 5.91 Å². The van der Waals surface area contributed by atoms with Crippen molar-refractivity contribution in [3.8, 4) is 0 Å². The fraction of sp³-hybridized carbons (Fsp3) is 0.333. The first-order chi connectivity index (χ1) is 12.1. The number of anilines is 1. The number of aromatic nitrogens is 4. The standard InChI is InChI=1S/C18H19N5O2/c1-11-12(2)20-22-16-14(11)15(21-23-16)19-17(24)18(9-6-10-25-18)13-7-4-3-5-8-13/h3-5,7-8H,6,9-10H2,1-2H3,(H2,19,21,22,23,24). The van der Waals surface area contributed by atoms with E-state index in [4.69, 9.17) is 4.74 Å². The summed E-state index contributed by atoms with van der Waals surface area (Å²) in [7, 11) is 0. The van der Waals surface area contributed by atoms with Crippen LogP contribution in [-0.4, -0.2) is 32.9 Å². The first kappa shape index (κ1) is 15.7. The van der Waals surface area contributed by atoms with Gasteiger partial charge < -0.3 is 10.1 Å². The van der Waals surface area contributed by atoms with Gasteiger partial charge >= 0.3 is 0 Å². The quantitative estimate of drug-likeness (QED) is 0.766. The third-order valence-electron chi connectivity index (χ3n) is 4.83. The molecule has 3 aromatic rings. The van der Waals surface area contributed by atoms with Crippen LogP contribution in [0.15, 0.2) is 30.3 Å². The van der Waals surface area contributed by atoms with Crippen molar-refractivity contribution < 1.29 is 9.53 Å². The summed E-state index contributed by atoms with van der Waals surface area (Å²) in [5.74, 6) is 0.250. The Morgan fingerprint density at radius 2 is 2.04 bits per heavy atom. The first-order valence-electron chi connectivity index (χ1n) is 8.31. The minimum Gasteiger partial charge on any atom is -0.360 e. The molecule has 2 aromatic heterocycles. The van der Waals surface area contributed by atoms with Crippen molar-refractivity contribution in [2.75, 3.05) is 11.9 Å². The Bertz CT molecular complexity index is 929. The van der Waals surface area contributed by atoms with E-state index in [0.29, 0.717) is 24.5 Å². The molecule has 1 atom stereocenters. The minimum atomic E-state index is -0.976. The molecule has 1 amide bonds. The molecular formula is C18H19N5O2. The average Bonchev–Trinajstić information content (AvgIpc) is 3.27. The van der Waals surface area contributed by atoms with E-state index in [9.17, 15) is 4.79 Å². The highest BCUT2D eigenvalue weighted by atomic mass is 16.5. The van der Waals surface area contributed by atoms with Gasteiger partial charge in [0, 0.05) is 6.61 Å². The fourth-order valence-corrected chi connectivity index (χ4v) is 3.33. The monoisotopic (exact) mass is 337 g/mol. The highest BCUT2D eigenvalue weighted by molar-refractivity contribution is 6.03. The number of carbonyl (C=O) groups is 1. The Labute approximate surface area is 144 Å². The summed E-state index contributed by atoms with van der Waals surface area (Å²) < 4.78 is 5.93. The van der Waals surface area contributed by atoms with Crippen LogP contribution in [0, 0.1) is 13.8 Å². The lowest BCUT2D eigenvalue weighted by molar-refractivity contribution is -0.136. The second kappa shape index (κ2) is 5.93. The molecule has 0 radical (unpaired) electrons. The molecule has 2 N–H and O–H groups in total. The highest BCUT2D eigenvalue weighted by Crippen LogP contribution is 2.37. The van der Waals surface area contributed by atoms with Crippen molar-refractivity contribution in [3.63, 3.8) is 0 Å². The van der Waals surface area contributed by atoms with Crippen LogP contribution >= 0.6 is 0 Å². The second-order valence-electron chi connectivity index (χ2n) is 6.31. The summed E-state index contributed by atoms with van der Waals surface area (Å²) >= 11 is 0. The van der Waals surface area contributed by atoms with Crippen molar-refractivity contribution in [1.82, 2.24) is 20.4 Å². The maximum Gasteiger partial charge on any atom is 0.262 e. The Morgan fingerprint density at radius 3 is 2.76 bits per heavy atom. The van der Waals surface area contributed by atoms with Crippen LogP contribution in [0.1, 0.15) is 29.7 Å². The van der Waals surface area contributed by atoms with Gasteiger partial charge in [0.25, 0.3) is 5.91 Å². The average molecular weight is 337 g/mol. The fourth-order valence-electron chi connectivity index (χ4n) is 3.33. The lowest BCUT2D eigenvalue weighted by Gasteiger charge is -2.27. The molecular weight excluding hydrogens is 318 g/mol. The third-order valence-corrected chi connectivity index (χ3v) is 4.83. The maximum atomic E-state index is 13.1. The first-order valence-corrected chi connectivity index (χ1v) is 8.31. The number of rotatable bonds is 3. The Hall–Kier alpha value is -2.80. The van der Waals surface area contributed by atoms with Crippen molar-refractivity contribution in [1.29, 1.82) is 0 Å². The molecule has 3 heterocycles. The van der Waals surface area contributed by atoms with Gasteiger partial charge in [0.05, 0.1) is 11.1 Å². The van der Waals surface area contributed by atoms with Crippen LogP contribution < -0.4 is 5.32 Å². The topological polar surface area (TPSA) is 92.8 Å². The molecule has 7 nitrogen and oxygen atoms in total. The molecule has 7 heteroatoms. The number of hydrogen-bond acceptors (Lipinski definition) is 5. The summed E-state index contributed by atoms with van der Waals surface area (Å²) in [5.41, 5.74) is 2.18. The number of carbonyl (C=O) groups excluding carboxylic acids is 1. The number of aryl methyl sites for hydroxylation is 2. The molecule has 0 bridgehead atoms. The Morgan fingerprint density at radius 1 is 1.24 bits per heavy atom. The van der Waals surface area contributed by atoms with Crippen LogP contribution in [0.2, 0.25) is 0 Å². The van der Waals surface area contributed by atoms with Gasteiger partial charge in [-0.15, -0.1) is 5.10 Å². The van der Waals surface area contributed by atoms with Crippen LogP contribution in [0.3, 0.4) is 0 Å². The number of hydrogen-bond donors (Lipinski definition) is 2. The molecule has 0 saturated carbocycles. The molecule has 1 aliphatic rings.